The van der Waals surface area contributed by atoms with E-state index in [0.29, 0.717) is 6.54 Å². The number of hydrogen-bond acceptors (Lipinski definition) is 3. The highest BCUT2D eigenvalue weighted by Crippen LogP contribution is 2.04. The van der Waals surface area contributed by atoms with Crippen LogP contribution < -0.4 is 0 Å². The second-order valence-corrected chi connectivity index (χ2v) is 3.81. The lowest BCUT2D eigenvalue weighted by atomic mass is 10.2. The summed E-state index contributed by atoms with van der Waals surface area (Å²) in [5.41, 5.74) is 0. The minimum absolute atomic E-state index is 0.0669. The Hall–Kier alpha value is -2.21. The zero-order valence-corrected chi connectivity index (χ0v) is 10.6. The van der Waals surface area contributed by atoms with E-state index < -0.39 is 18.5 Å². The molecule has 0 radical (unpaired) electrons. The van der Waals surface area contributed by atoms with Crippen molar-refractivity contribution in [3.05, 3.63) is 0 Å². The van der Waals surface area contributed by atoms with Crippen molar-refractivity contribution in [3.63, 3.8) is 0 Å². The first kappa shape index (κ1) is 15.8. The van der Waals surface area contributed by atoms with Gasteiger partial charge in [-0.1, -0.05) is 5.92 Å². The SMILES string of the molecule is C#CCN(CC(=O)O)C(=O)N(CC)CC(C)C#N. The average molecular weight is 251 g/mol. The first-order valence-electron chi connectivity index (χ1n) is 5.54. The van der Waals surface area contributed by atoms with Gasteiger partial charge in [0.1, 0.15) is 6.54 Å². The van der Waals surface area contributed by atoms with E-state index in [4.69, 9.17) is 16.8 Å². The van der Waals surface area contributed by atoms with E-state index in [1.54, 1.807) is 13.8 Å². The molecule has 98 valence electrons. The maximum absolute atomic E-state index is 12.0. The monoisotopic (exact) mass is 251 g/mol. The molecule has 2 amide bonds. The molecule has 0 saturated heterocycles. The molecule has 1 unspecified atom stereocenters. The molecule has 0 aromatic heterocycles. The predicted octanol–water partition coefficient (Wildman–Crippen LogP) is 0.608. The number of carboxylic acid groups (broad SMARTS) is 1. The van der Waals surface area contributed by atoms with Crippen LogP contribution >= 0.6 is 0 Å². The van der Waals surface area contributed by atoms with Gasteiger partial charge in [0.05, 0.1) is 18.5 Å². The fourth-order valence-corrected chi connectivity index (χ4v) is 1.38. The van der Waals surface area contributed by atoms with E-state index in [9.17, 15) is 9.59 Å². The van der Waals surface area contributed by atoms with Gasteiger partial charge in [0.15, 0.2) is 0 Å². The molecular formula is C12H17N3O3. The van der Waals surface area contributed by atoms with Gasteiger partial charge in [-0.2, -0.15) is 5.26 Å². The topological polar surface area (TPSA) is 84.6 Å². The molecule has 0 aliphatic rings. The minimum atomic E-state index is -1.12. The van der Waals surface area contributed by atoms with Gasteiger partial charge < -0.3 is 14.9 Å². The molecule has 0 aromatic carbocycles. The maximum atomic E-state index is 12.0. The Bertz CT molecular complexity index is 381. The van der Waals surface area contributed by atoms with Crippen LogP contribution in [-0.2, 0) is 4.79 Å². The molecule has 0 spiro atoms. The van der Waals surface area contributed by atoms with E-state index in [-0.39, 0.29) is 19.0 Å². The number of nitriles is 1. The molecule has 6 heteroatoms. The summed E-state index contributed by atoms with van der Waals surface area (Å²) < 4.78 is 0. The minimum Gasteiger partial charge on any atom is -0.480 e. The highest BCUT2D eigenvalue weighted by Gasteiger charge is 2.22. The number of urea groups is 1. The number of amides is 2. The standard InChI is InChI=1S/C12H17N3O3/c1-4-6-15(9-11(16)17)12(18)14(5-2)8-10(3)7-13/h1,10H,5-6,8-9H2,2-3H3,(H,16,17). The zero-order valence-electron chi connectivity index (χ0n) is 10.6. The number of aliphatic carboxylic acids is 1. The molecule has 0 aromatic rings. The smallest absolute Gasteiger partial charge is 0.323 e. The Morgan fingerprint density at radius 3 is 2.44 bits per heavy atom. The van der Waals surface area contributed by atoms with Gasteiger partial charge in [0.25, 0.3) is 0 Å². The van der Waals surface area contributed by atoms with Crippen molar-refractivity contribution in [3.8, 4) is 18.4 Å². The summed E-state index contributed by atoms with van der Waals surface area (Å²) in [7, 11) is 0. The maximum Gasteiger partial charge on any atom is 0.323 e. The van der Waals surface area contributed by atoms with Crippen molar-refractivity contribution < 1.29 is 14.7 Å². The summed E-state index contributed by atoms with van der Waals surface area (Å²) in [6.45, 7) is 3.59. The molecule has 0 rings (SSSR count). The Balaban J connectivity index is 4.76. The van der Waals surface area contributed by atoms with Crippen LogP contribution in [0.2, 0.25) is 0 Å². The fourth-order valence-electron chi connectivity index (χ4n) is 1.38. The van der Waals surface area contributed by atoms with Gasteiger partial charge in [-0.15, -0.1) is 6.42 Å². The molecule has 18 heavy (non-hydrogen) atoms. The number of carboxylic acids is 1. The Kier molecular flexibility index (Phi) is 6.99. The molecule has 1 N–H and O–H groups in total. The molecule has 0 aliphatic heterocycles. The van der Waals surface area contributed by atoms with E-state index in [1.165, 1.54) is 4.90 Å². The van der Waals surface area contributed by atoms with Crippen LogP contribution in [0.15, 0.2) is 0 Å². The van der Waals surface area contributed by atoms with Crippen LogP contribution in [0.1, 0.15) is 13.8 Å². The van der Waals surface area contributed by atoms with Crippen LogP contribution in [0, 0.1) is 29.6 Å². The summed E-state index contributed by atoms with van der Waals surface area (Å²) in [5.74, 6) is 0.815. The molecule has 0 bridgehead atoms. The molecule has 6 nitrogen and oxygen atoms in total. The fraction of sp³-hybridized carbons (Fsp3) is 0.583. The Labute approximate surface area is 107 Å². The van der Waals surface area contributed by atoms with Crippen LogP contribution in [0.4, 0.5) is 4.79 Å². The summed E-state index contributed by atoms with van der Waals surface area (Å²) in [5, 5.41) is 17.4. The number of carbonyl (C=O) groups excluding carboxylic acids is 1. The van der Waals surface area contributed by atoms with E-state index in [1.807, 2.05) is 6.07 Å². The number of nitrogens with zero attached hydrogens (tertiary/aromatic N) is 3. The largest absolute Gasteiger partial charge is 0.480 e. The summed E-state index contributed by atoms with van der Waals surface area (Å²) >= 11 is 0. The summed E-state index contributed by atoms with van der Waals surface area (Å²) in [6.07, 6.45) is 5.10. The Morgan fingerprint density at radius 1 is 1.44 bits per heavy atom. The third-order valence-corrected chi connectivity index (χ3v) is 2.25. The third kappa shape index (κ3) is 5.22. The summed E-state index contributed by atoms with van der Waals surface area (Å²) in [6, 6.07) is 1.57. The lowest BCUT2D eigenvalue weighted by molar-refractivity contribution is -0.137. The molecule has 0 aliphatic carbocycles. The lowest BCUT2D eigenvalue weighted by Crippen LogP contribution is -2.46. The lowest BCUT2D eigenvalue weighted by Gasteiger charge is -2.28. The van der Waals surface area contributed by atoms with Crippen molar-refractivity contribution in [1.29, 1.82) is 5.26 Å². The highest BCUT2D eigenvalue weighted by molar-refractivity contribution is 5.80. The molecule has 0 heterocycles. The average Bonchev–Trinajstić information content (AvgIpc) is 2.33. The van der Waals surface area contributed by atoms with Gasteiger partial charge in [-0.25, -0.2) is 4.79 Å². The van der Waals surface area contributed by atoms with Crippen molar-refractivity contribution in [2.24, 2.45) is 5.92 Å². The van der Waals surface area contributed by atoms with Crippen molar-refractivity contribution in [1.82, 2.24) is 9.80 Å². The normalized spacial score (nSPS) is 10.9. The second-order valence-electron chi connectivity index (χ2n) is 3.81. The van der Waals surface area contributed by atoms with Crippen LogP contribution in [0.3, 0.4) is 0 Å². The van der Waals surface area contributed by atoms with E-state index in [0.717, 1.165) is 4.90 Å². The van der Waals surface area contributed by atoms with Crippen molar-refractivity contribution in [2.75, 3.05) is 26.2 Å². The van der Waals surface area contributed by atoms with Crippen LogP contribution in [0.5, 0.6) is 0 Å². The first-order chi connectivity index (χ1) is 8.46. The predicted molar refractivity (Wildman–Crippen MR) is 65.5 cm³/mol. The zero-order chi connectivity index (χ0) is 14.1. The molecule has 1 atom stereocenters. The van der Waals surface area contributed by atoms with Gasteiger partial charge in [0.2, 0.25) is 0 Å². The van der Waals surface area contributed by atoms with Crippen molar-refractivity contribution in [2.45, 2.75) is 13.8 Å². The third-order valence-electron chi connectivity index (χ3n) is 2.25. The van der Waals surface area contributed by atoms with Crippen LogP contribution in [-0.4, -0.2) is 53.1 Å². The van der Waals surface area contributed by atoms with Gasteiger partial charge in [-0.05, 0) is 13.8 Å². The molecule has 0 saturated carbocycles. The van der Waals surface area contributed by atoms with Crippen LogP contribution in [0.25, 0.3) is 0 Å². The number of hydrogen-bond donors (Lipinski definition) is 1. The van der Waals surface area contributed by atoms with Gasteiger partial charge in [-0.3, -0.25) is 4.79 Å². The second kappa shape index (κ2) is 7.97. The number of carbonyl (C=O) groups is 2. The quantitative estimate of drug-likeness (QED) is 0.701. The number of terminal acetylenes is 1. The highest BCUT2D eigenvalue weighted by atomic mass is 16.4. The Morgan fingerprint density at radius 2 is 2.06 bits per heavy atom. The number of rotatable bonds is 6. The van der Waals surface area contributed by atoms with Gasteiger partial charge >= 0.3 is 12.0 Å². The first-order valence-corrected chi connectivity index (χ1v) is 5.54. The molecular weight excluding hydrogens is 234 g/mol. The molecule has 0 fully saturated rings. The van der Waals surface area contributed by atoms with Gasteiger partial charge in [0, 0.05) is 13.1 Å². The van der Waals surface area contributed by atoms with E-state index in [2.05, 4.69) is 5.92 Å². The summed E-state index contributed by atoms with van der Waals surface area (Å²) in [4.78, 5) is 25.2. The van der Waals surface area contributed by atoms with E-state index >= 15 is 0 Å². The van der Waals surface area contributed by atoms with Crippen molar-refractivity contribution >= 4 is 12.0 Å².